The predicted molar refractivity (Wildman–Crippen MR) is 63.0 cm³/mol. The van der Waals surface area contributed by atoms with Crippen LogP contribution in [0.3, 0.4) is 0 Å². The Morgan fingerprint density at radius 1 is 1.50 bits per heavy atom. The van der Waals surface area contributed by atoms with E-state index in [1.807, 2.05) is 6.92 Å². The van der Waals surface area contributed by atoms with E-state index in [2.05, 4.69) is 11.2 Å². The molecule has 0 saturated carbocycles. The maximum Gasteiger partial charge on any atom is 0.0861 e. The van der Waals surface area contributed by atoms with Gasteiger partial charge in [0.15, 0.2) is 0 Å². The summed E-state index contributed by atoms with van der Waals surface area (Å²) in [6.07, 6.45) is 6.80. The fourth-order valence-electron chi connectivity index (χ4n) is 2.27. The van der Waals surface area contributed by atoms with Crippen LogP contribution in [0.15, 0.2) is 16.8 Å². The summed E-state index contributed by atoms with van der Waals surface area (Å²) in [5.41, 5.74) is 1.10. The van der Waals surface area contributed by atoms with Gasteiger partial charge in [-0.3, -0.25) is 0 Å². The monoisotopic (exact) mass is 227 g/mol. The molecule has 0 aliphatic heterocycles. The molecule has 0 aromatic carbocycles. The lowest BCUT2D eigenvalue weighted by atomic mass is 9.84. The molecule has 4 nitrogen and oxygen atoms in total. The molecule has 3 atom stereocenters. The Bertz CT molecular complexity index is 263. The molecular formula is C12H21NO3. The predicted octanol–water partition coefficient (Wildman–Crippen LogP) is 2.22. The van der Waals surface area contributed by atoms with Crippen molar-refractivity contribution in [3.63, 3.8) is 0 Å². The number of methoxy groups -OCH3 is 2. The lowest BCUT2D eigenvalue weighted by Crippen LogP contribution is -2.35. The normalized spacial score (nSPS) is 25.4. The van der Waals surface area contributed by atoms with Crippen molar-refractivity contribution in [2.24, 2.45) is 11.1 Å². The number of oxime groups is 1. The fourth-order valence-corrected chi connectivity index (χ4v) is 2.27. The Balaban J connectivity index is 2.57. The van der Waals surface area contributed by atoms with Crippen LogP contribution < -0.4 is 0 Å². The molecule has 0 aromatic rings. The van der Waals surface area contributed by atoms with E-state index in [9.17, 15) is 0 Å². The Kier molecular flexibility index (Phi) is 5.49. The van der Waals surface area contributed by atoms with Crippen molar-refractivity contribution >= 4 is 6.21 Å². The largest absolute Gasteiger partial charge is 0.411 e. The second-order valence-electron chi connectivity index (χ2n) is 4.20. The van der Waals surface area contributed by atoms with E-state index in [0.717, 1.165) is 24.8 Å². The first kappa shape index (κ1) is 13.2. The zero-order chi connectivity index (χ0) is 12.0. The highest BCUT2D eigenvalue weighted by molar-refractivity contribution is 5.78. The van der Waals surface area contributed by atoms with Crippen molar-refractivity contribution in [1.82, 2.24) is 0 Å². The lowest BCUT2D eigenvalue weighted by molar-refractivity contribution is -0.0581. The summed E-state index contributed by atoms with van der Waals surface area (Å²) in [7, 11) is 3.44. The van der Waals surface area contributed by atoms with Gasteiger partial charge in [0, 0.05) is 14.2 Å². The first-order chi connectivity index (χ1) is 7.72. The van der Waals surface area contributed by atoms with Gasteiger partial charge in [-0.25, -0.2) is 0 Å². The average molecular weight is 227 g/mol. The summed E-state index contributed by atoms with van der Waals surface area (Å²) in [5.74, 6) is 0.482. The zero-order valence-corrected chi connectivity index (χ0v) is 10.2. The van der Waals surface area contributed by atoms with E-state index in [1.165, 1.54) is 6.21 Å². The molecule has 0 amide bonds. The number of rotatable bonds is 5. The van der Waals surface area contributed by atoms with Crippen LogP contribution in [0.1, 0.15) is 26.2 Å². The van der Waals surface area contributed by atoms with Gasteiger partial charge in [0.05, 0.1) is 18.4 Å². The first-order valence-electron chi connectivity index (χ1n) is 5.65. The molecule has 0 fully saturated rings. The van der Waals surface area contributed by atoms with Crippen molar-refractivity contribution in [2.45, 2.75) is 38.4 Å². The van der Waals surface area contributed by atoms with Crippen LogP contribution in [0.5, 0.6) is 0 Å². The van der Waals surface area contributed by atoms with Crippen molar-refractivity contribution in [2.75, 3.05) is 14.2 Å². The van der Waals surface area contributed by atoms with Crippen molar-refractivity contribution in [1.29, 1.82) is 0 Å². The van der Waals surface area contributed by atoms with Crippen molar-refractivity contribution < 1.29 is 14.7 Å². The summed E-state index contributed by atoms with van der Waals surface area (Å²) in [6, 6.07) is 0. The highest BCUT2D eigenvalue weighted by atomic mass is 16.5. The van der Waals surface area contributed by atoms with Gasteiger partial charge in [-0.2, -0.15) is 0 Å². The summed E-state index contributed by atoms with van der Waals surface area (Å²) >= 11 is 0. The van der Waals surface area contributed by atoms with E-state index in [-0.39, 0.29) is 12.2 Å². The molecule has 0 spiro atoms. The van der Waals surface area contributed by atoms with Gasteiger partial charge in [0.1, 0.15) is 0 Å². The topological polar surface area (TPSA) is 51.0 Å². The van der Waals surface area contributed by atoms with Gasteiger partial charge < -0.3 is 14.7 Å². The molecule has 92 valence electrons. The highest BCUT2D eigenvalue weighted by Crippen LogP contribution is 2.28. The molecule has 0 bridgehead atoms. The number of allylic oxidation sites excluding steroid dienone is 2. The van der Waals surface area contributed by atoms with Crippen LogP contribution >= 0.6 is 0 Å². The molecule has 0 aromatic heterocycles. The molecular weight excluding hydrogens is 206 g/mol. The number of hydrogen-bond acceptors (Lipinski definition) is 4. The molecule has 1 aliphatic carbocycles. The first-order valence-corrected chi connectivity index (χ1v) is 5.65. The Labute approximate surface area is 96.9 Å². The fraction of sp³-hybridized carbons (Fsp3) is 0.750. The number of nitrogens with zero attached hydrogens (tertiary/aromatic N) is 1. The molecule has 16 heavy (non-hydrogen) atoms. The third-order valence-corrected chi connectivity index (χ3v) is 3.28. The van der Waals surface area contributed by atoms with Crippen molar-refractivity contribution in [3.8, 4) is 0 Å². The van der Waals surface area contributed by atoms with Gasteiger partial charge in [-0.05, 0) is 37.7 Å². The Morgan fingerprint density at radius 2 is 2.25 bits per heavy atom. The van der Waals surface area contributed by atoms with Crippen LogP contribution in [0.2, 0.25) is 0 Å². The van der Waals surface area contributed by atoms with Gasteiger partial charge in [-0.1, -0.05) is 11.2 Å². The highest BCUT2D eigenvalue weighted by Gasteiger charge is 2.27. The maximum atomic E-state index is 8.45. The molecule has 3 unspecified atom stereocenters. The molecule has 0 radical (unpaired) electrons. The zero-order valence-electron chi connectivity index (χ0n) is 10.2. The minimum Gasteiger partial charge on any atom is -0.411 e. The molecule has 0 saturated heterocycles. The smallest absolute Gasteiger partial charge is 0.0861 e. The van der Waals surface area contributed by atoms with Crippen LogP contribution in [-0.4, -0.2) is 37.8 Å². The van der Waals surface area contributed by atoms with E-state index in [1.54, 1.807) is 14.2 Å². The molecule has 1 rings (SSSR count). The Morgan fingerprint density at radius 3 is 2.69 bits per heavy atom. The molecule has 1 aliphatic rings. The minimum absolute atomic E-state index is 0.108. The van der Waals surface area contributed by atoms with Gasteiger partial charge in [0.25, 0.3) is 0 Å². The SMILES string of the molecule is COC(C)C(OC)C1CC=C(/C=N/O)CC1. The minimum atomic E-state index is 0.108. The lowest BCUT2D eigenvalue weighted by Gasteiger charge is -2.31. The number of hydrogen-bond donors (Lipinski definition) is 1. The second-order valence-corrected chi connectivity index (χ2v) is 4.20. The van der Waals surface area contributed by atoms with Crippen LogP contribution in [-0.2, 0) is 9.47 Å². The van der Waals surface area contributed by atoms with E-state index in [0.29, 0.717) is 5.92 Å². The Hall–Kier alpha value is -0.870. The molecule has 4 heteroatoms. The van der Waals surface area contributed by atoms with Gasteiger partial charge in [-0.15, -0.1) is 0 Å². The van der Waals surface area contributed by atoms with Gasteiger partial charge >= 0.3 is 0 Å². The third-order valence-electron chi connectivity index (χ3n) is 3.28. The molecule has 1 N–H and O–H groups in total. The quantitative estimate of drug-likeness (QED) is 0.445. The van der Waals surface area contributed by atoms with Crippen LogP contribution in [0.25, 0.3) is 0 Å². The van der Waals surface area contributed by atoms with Crippen LogP contribution in [0, 0.1) is 5.92 Å². The third kappa shape index (κ3) is 3.32. The van der Waals surface area contributed by atoms with E-state index >= 15 is 0 Å². The van der Waals surface area contributed by atoms with E-state index in [4.69, 9.17) is 14.7 Å². The summed E-state index contributed by atoms with van der Waals surface area (Å²) in [5, 5.41) is 11.5. The summed E-state index contributed by atoms with van der Waals surface area (Å²) in [4.78, 5) is 0. The standard InChI is InChI=1S/C12H21NO3/c1-9(15-2)12(16-3)11-6-4-10(5-7-11)8-13-14/h4,8-9,11-12,14H,5-7H2,1-3H3/b13-8+. The number of ether oxygens (including phenoxy) is 2. The summed E-state index contributed by atoms with van der Waals surface area (Å²) < 4.78 is 10.8. The second kappa shape index (κ2) is 6.66. The van der Waals surface area contributed by atoms with Gasteiger partial charge in [0.2, 0.25) is 0 Å². The van der Waals surface area contributed by atoms with E-state index < -0.39 is 0 Å². The maximum absolute atomic E-state index is 8.45. The van der Waals surface area contributed by atoms with Crippen molar-refractivity contribution in [3.05, 3.63) is 11.6 Å². The summed E-state index contributed by atoms with van der Waals surface area (Å²) in [6.45, 7) is 2.03. The van der Waals surface area contributed by atoms with Crippen LogP contribution in [0.4, 0.5) is 0 Å². The molecule has 0 heterocycles. The average Bonchev–Trinajstić information content (AvgIpc) is 2.32.